The van der Waals surface area contributed by atoms with E-state index in [-0.39, 0.29) is 29.9 Å². The van der Waals surface area contributed by atoms with Crippen molar-refractivity contribution in [3.8, 4) is 0 Å². The summed E-state index contributed by atoms with van der Waals surface area (Å²) in [5.41, 5.74) is 0. The largest absolute Gasteiger partial charge is 0.355 e. The normalized spacial score (nSPS) is 32.2. The molecule has 16 heavy (non-hydrogen) atoms. The van der Waals surface area contributed by atoms with Gasteiger partial charge in [-0.2, -0.15) is 0 Å². The molecule has 0 saturated heterocycles. The summed E-state index contributed by atoms with van der Waals surface area (Å²) < 4.78 is 22.4. The first-order valence-electron chi connectivity index (χ1n) is 6.00. The Hall–Kier alpha value is -0.580. The van der Waals surface area contributed by atoms with Crippen LogP contribution in [0.25, 0.3) is 0 Å². The molecule has 2 aliphatic carbocycles. The van der Waals surface area contributed by atoms with Crippen LogP contribution in [-0.2, 0) is 14.6 Å². The summed E-state index contributed by atoms with van der Waals surface area (Å²) in [5.74, 6) is 1.99. The molecule has 2 fully saturated rings. The number of hydrogen-bond acceptors (Lipinski definition) is 3. The first kappa shape index (κ1) is 11.9. The highest BCUT2D eigenvalue weighted by molar-refractivity contribution is 7.91. The van der Waals surface area contributed by atoms with Gasteiger partial charge in [-0.1, -0.05) is 6.92 Å². The van der Waals surface area contributed by atoms with Crippen molar-refractivity contribution in [1.82, 2.24) is 5.32 Å². The van der Waals surface area contributed by atoms with Crippen molar-refractivity contribution in [3.63, 3.8) is 0 Å². The van der Waals surface area contributed by atoms with Gasteiger partial charge in [0.1, 0.15) is 0 Å². The van der Waals surface area contributed by atoms with E-state index in [2.05, 4.69) is 5.32 Å². The quantitative estimate of drug-likeness (QED) is 0.771. The van der Waals surface area contributed by atoms with Crippen molar-refractivity contribution in [2.45, 2.75) is 26.2 Å². The molecular weight excluding hydrogens is 226 g/mol. The number of carbonyl (C=O) groups is 1. The van der Waals surface area contributed by atoms with E-state index in [1.165, 1.54) is 6.42 Å². The summed E-state index contributed by atoms with van der Waals surface area (Å²) in [4.78, 5) is 11.7. The van der Waals surface area contributed by atoms with Crippen LogP contribution in [-0.4, -0.2) is 32.4 Å². The second-order valence-corrected chi connectivity index (χ2v) is 7.42. The fraction of sp³-hybridized carbons (Fsp3) is 0.909. The fourth-order valence-corrected chi connectivity index (χ4v) is 3.25. The van der Waals surface area contributed by atoms with Crippen molar-refractivity contribution < 1.29 is 13.2 Å². The predicted octanol–water partition coefficient (Wildman–Crippen LogP) is 0.583. The molecule has 0 aromatic rings. The van der Waals surface area contributed by atoms with Crippen LogP contribution in [0.15, 0.2) is 0 Å². The standard InChI is InChI=1S/C11H19NO3S/c1-2-16(14,15)4-3-12-11(13)10-6-8-5-9(8)7-10/h8-10H,2-7H2,1H3,(H,12,13). The Labute approximate surface area is 96.7 Å². The monoisotopic (exact) mass is 245 g/mol. The van der Waals surface area contributed by atoms with Gasteiger partial charge in [-0.05, 0) is 31.1 Å². The lowest BCUT2D eigenvalue weighted by molar-refractivity contribution is -0.124. The van der Waals surface area contributed by atoms with Gasteiger partial charge in [-0.25, -0.2) is 8.42 Å². The zero-order valence-corrected chi connectivity index (χ0v) is 10.4. The number of hydrogen-bond donors (Lipinski definition) is 1. The summed E-state index contributed by atoms with van der Waals surface area (Å²) >= 11 is 0. The molecule has 0 aromatic heterocycles. The van der Waals surface area contributed by atoms with Crippen LogP contribution in [0, 0.1) is 17.8 Å². The van der Waals surface area contributed by atoms with Gasteiger partial charge >= 0.3 is 0 Å². The number of amides is 1. The first-order chi connectivity index (χ1) is 7.52. The molecule has 0 spiro atoms. The van der Waals surface area contributed by atoms with Crippen LogP contribution >= 0.6 is 0 Å². The number of rotatable bonds is 5. The van der Waals surface area contributed by atoms with Crippen LogP contribution in [0.5, 0.6) is 0 Å². The Morgan fingerprint density at radius 2 is 1.88 bits per heavy atom. The number of fused-ring (bicyclic) bond motifs is 1. The molecule has 0 aliphatic heterocycles. The molecule has 1 N–H and O–H groups in total. The Morgan fingerprint density at radius 3 is 2.44 bits per heavy atom. The molecule has 0 aromatic carbocycles. The number of sulfone groups is 1. The third kappa shape index (κ3) is 2.75. The van der Waals surface area contributed by atoms with Crippen LogP contribution in [0.2, 0.25) is 0 Å². The average molecular weight is 245 g/mol. The summed E-state index contributed by atoms with van der Waals surface area (Å²) in [6, 6.07) is 0. The van der Waals surface area contributed by atoms with Gasteiger partial charge in [0.2, 0.25) is 5.91 Å². The molecule has 2 aliphatic rings. The van der Waals surface area contributed by atoms with Crippen molar-refractivity contribution in [2.24, 2.45) is 17.8 Å². The van der Waals surface area contributed by atoms with E-state index in [1.54, 1.807) is 6.92 Å². The van der Waals surface area contributed by atoms with Crippen LogP contribution in [0.3, 0.4) is 0 Å². The fourth-order valence-electron chi connectivity index (χ4n) is 2.55. The maximum Gasteiger partial charge on any atom is 0.223 e. The van der Waals surface area contributed by atoms with E-state index in [0.29, 0.717) is 0 Å². The minimum atomic E-state index is -2.96. The number of carbonyl (C=O) groups excluding carboxylic acids is 1. The van der Waals surface area contributed by atoms with Crippen LogP contribution in [0.4, 0.5) is 0 Å². The van der Waals surface area contributed by atoms with E-state index < -0.39 is 9.84 Å². The van der Waals surface area contributed by atoms with Gasteiger partial charge < -0.3 is 5.32 Å². The van der Waals surface area contributed by atoms with Crippen molar-refractivity contribution >= 4 is 15.7 Å². The van der Waals surface area contributed by atoms with Gasteiger partial charge in [0.25, 0.3) is 0 Å². The van der Waals surface area contributed by atoms with Crippen molar-refractivity contribution in [2.75, 3.05) is 18.1 Å². The molecule has 5 heteroatoms. The molecule has 2 saturated carbocycles. The molecule has 2 rings (SSSR count). The summed E-state index contributed by atoms with van der Waals surface area (Å²) in [6.45, 7) is 1.89. The second kappa shape index (κ2) is 4.35. The summed E-state index contributed by atoms with van der Waals surface area (Å²) in [7, 11) is -2.96. The Bertz CT molecular complexity index is 367. The topological polar surface area (TPSA) is 63.2 Å². The summed E-state index contributed by atoms with van der Waals surface area (Å²) in [5, 5.41) is 2.74. The highest BCUT2D eigenvalue weighted by Crippen LogP contribution is 2.54. The second-order valence-electron chi connectivity index (χ2n) is 4.95. The molecule has 2 unspecified atom stereocenters. The molecular formula is C11H19NO3S. The van der Waals surface area contributed by atoms with E-state index >= 15 is 0 Å². The molecule has 2 atom stereocenters. The lowest BCUT2D eigenvalue weighted by atomic mass is 10.0. The maximum atomic E-state index is 11.7. The van der Waals surface area contributed by atoms with E-state index in [1.807, 2.05) is 0 Å². The van der Waals surface area contributed by atoms with Crippen LogP contribution < -0.4 is 5.32 Å². The van der Waals surface area contributed by atoms with Gasteiger partial charge in [0.15, 0.2) is 9.84 Å². The Kier molecular flexibility index (Phi) is 3.24. The van der Waals surface area contributed by atoms with Crippen molar-refractivity contribution in [3.05, 3.63) is 0 Å². The van der Waals surface area contributed by atoms with Gasteiger partial charge in [0, 0.05) is 18.2 Å². The molecule has 92 valence electrons. The zero-order valence-electron chi connectivity index (χ0n) is 9.61. The highest BCUT2D eigenvalue weighted by atomic mass is 32.2. The predicted molar refractivity (Wildman–Crippen MR) is 61.7 cm³/mol. The van der Waals surface area contributed by atoms with Gasteiger partial charge in [-0.3, -0.25) is 4.79 Å². The highest BCUT2D eigenvalue weighted by Gasteiger charge is 2.47. The molecule has 0 bridgehead atoms. The first-order valence-corrected chi connectivity index (χ1v) is 7.82. The third-order valence-electron chi connectivity index (χ3n) is 3.77. The minimum absolute atomic E-state index is 0.0542. The third-order valence-corrected chi connectivity index (χ3v) is 5.47. The average Bonchev–Trinajstić information content (AvgIpc) is 2.85. The Balaban J connectivity index is 1.68. The van der Waals surface area contributed by atoms with Crippen LogP contribution in [0.1, 0.15) is 26.2 Å². The van der Waals surface area contributed by atoms with E-state index in [0.717, 1.165) is 24.7 Å². The number of nitrogens with one attached hydrogen (secondary N) is 1. The smallest absolute Gasteiger partial charge is 0.223 e. The zero-order chi connectivity index (χ0) is 11.8. The summed E-state index contributed by atoms with van der Waals surface area (Å²) in [6.07, 6.45) is 3.32. The van der Waals surface area contributed by atoms with Gasteiger partial charge in [0.05, 0.1) is 5.75 Å². The minimum Gasteiger partial charge on any atom is -0.355 e. The van der Waals surface area contributed by atoms with Gasteiger partial charge in [-0.15, -0.1) is 0 Å². The Morgan fingerprint density at radius 1 is 1.25 bits per heavy atom. The molecule has 1 amide bonds. The van der Waals surface area contributed by atoms with E-state index in [4.69, 9.17) is 0 Å². The molecule has 4 nitrogen and oxygen atoms in total. The lowest BCUT2D eigenvalue weighted by Gasteiger charge is -2.11. The maximum absolute atomic E-state index is 11.7. The molecule has 0 radical (unpaired) electrons. The molecule has 0 heterocycles. The van der Waals surface area contributed by atoms with Crippen molar-refractivity contribution in [1.29, 1.82) is 0 Å². The van der Waals surface area contributed by atoms with E-state index in [9.17, 15) is 13.2 Å². The SMILES string of the molecule is CCS(=O)(=O)CCNC(=O)C1CC2CC2C1. The lowest BCUT2D eigenvalue weighted by Crippen LogP contribution is -2.34.